The van der Waals surface area contributed by atoms with Gasteiger partial charge in [0.1, 0.15) is 17.7 Å². The molecule has 208 valence electrons. The molecule has 0 aliphatic carbocycles. The van der Waals surface area contributed by atoms with Gasteiger partial charge in [-0.3, -0.25) is 14.4 Å². The number of nitrogens with two attached hydrogens (primary N) is 1. The number of benzene rings is 1. The van der Waals surface area contributed by atoms with Crippen LogP contribution in [0.4, 0.5) is 4.79 Å². The number of rotatable bonds is 15. The van der Waals surface area contributed by atoms with Gasteiger partial charge in [-0.15, -0.1) is 0 Å². The number of aryl methyl sites for hydroxylation is 1. The van der Waals surface area contributed by atoms with Crippen LogP contribution in [0.3, 0.4) is 0 Å². The van der Waals surface area contributed by atoms with Crippen LogP contribution in [0.25, 0.3) is 0 Å². The van der Waals surface area contributed by atoms with Gasteiger partial charge in [0.2, 0.25) is 17.7 Å². The molecule has 4 N–H and O–H groups in total. The Morgan fingerprint density at radius 2 is 1.73 bits per heavy atom. The molecule has 2 atom stereocenters. The second kappa shape index (κ2) is 15.9. The van der Waals surface area contributed by atoms with Crippen molar-refractivity contribution in [2.75, 3.05) is 13.1 Å². The van der Waals surface area contributed by atoms with E-state index in [9.17, 15) is 19.2 Å². The summed E-state index contributed by atoms with van der Waals surface area (Å²) in [5, 5.41) is 5.59. The minimum Gasteiger partial charge on any atom is -0.444 e. The van der Waals surface area contributed by atoms with Crippen LogP contribution >= 0.6 is 0 Å². The van der Waals surface area contributed by atoms with E-state index in [-0.39, 0.29) is 18.7 Å². The summed E-state index contributed by atoms with van der Waals surface area (Å²) in [7, 11) is 0. The average molecular weight is 519 g/mol. The summed E-state index contributed by atoms with van der Waals surface area (Å²) >= 11 is 0. The first-order chi connectivity index (χ1) is 17.4. The number of hydrogen-bond donors (Lipinski definition) is 3. The molecule has 9 heteroatoms. The summed E-state index contributed by atoms with van der Waals surface area (Å²) < 4.78 is 5.36. The third kappa shape index (κ3) is 12.1. The first kappa shape index (κ1) is 31.9. The maximum Gasteiger partial charge on any atom is 0.408 e. The van der Waals surface area contributed by atoms with Crippen molar-refractivity contribution in [3.05, 3.63) is 35.4 Å². The van der Waals surface area contributed by atoms with Crippen molar-refractivity contribution < 1.29 is 23.9 Å². The van der Waals surface area contributed by atoms with Crippen LogP contribution in [0.5, 0.6) is 0 Å². The van der Waals surface area contributed by atoms with Gasteiger partial charge in [-0.05, 0) is 52.5 Å². The van der Waals surface area contributed by atoms with E-state index in [0.717, 1.165) is 31.2 Å². The van der Waals surface area contributed by atoms with Gasteiger partial charge in [0.25, 0.3) is 0 Å². The summed E-state index contributed by atoms with van der Waals surface area (Å²) in [6, 6.07) is 5.53. The Morgan fingerprint density at radius 3 is 2.30 bits per heavy atom. The van der Waals surface area contributed by atoms with E-state index in [1.54, 1.807) is 20.8 Å². The molecule has 0 fully saturated rings. The molecule has 0 saturated heterocycles. The molecule has 0 aromatic heterocycles. The van der Waals surface area contributed by atoms with Crippen molar-refractivity contribution >= 4 is 23.8 Å². The molecule has 1 rings (SSSR count). The van der Waals surface area contributed by atoms with E-state index in [1.165, 1.54) is 4.90 Å². The number of nitrogens with zero attached hydrogens (tertiary/aromatic N) is 1. The van der Waals surface area contributed by atoms with E-state index < -0.39 is 35.6 Å². The molecular weight excluding hydrogens is 472 g/mol. The zero-order chi connectivity index (χ0) is 28.0. The molecule has 0 radical (unpaired) electrons. The highest BCUT2D eigenvalue weighted by Crippen LogP contribution is 2.25. The van der Waals surface area contributed by atoms with Crippen LogP contribution < -0.4 is 16.4 Å². The predicted molar refractivity (Wildman–Crippen MR) is 145 cm³/mol. The Bertz CT molecular complexity index is 897. The van der Waals surface area contributed by atoms with Gasteiger partial charge in [0, 0.05) is 19.5 Å². The second-order valence-electron chi connectivity index (χ2n) is 10.4. The SMILES string of the molecule is CCCCCN(C(=O)C(CCC(N)=O)NC(=O)OC(C)(C)C)C(C(=O)NCCCC)c1cccc(C)c1. The van der Waals surface area contributed by atoms with Crippen molar-refractivity contribution in [1.29, 1.82) is 0 Å². The highest BCUT2D eigenvalue weighted by atomic mass is 16.6. The number of unbranched alkanes of at least 4 members (excludes halogenated alkanes) is 3. The molecule has 0 bridgehead atoms. The number of ether oxygens (including phenoxy) is 1. The standard InChI is InChI=1S/C28H46N4O5/c1-7-9-11-18-32(24(25(34)30-17-10-8-2)21-14-12-13-20(3)19-21)26(35)22(15-16-23(29)33)31-27(36)37-28(4,5)6/h12-14,19,22,24H,7-11,15-18H2,1-6H3,(H2,29,33)(H,30,34)(H,31,36). The zero-order valence-corrected chi connectivity index (χ0v) is 23.4. The summed E-state index contributed by atoms with van der Waals surface area (Å²) in [6.45, 7) is 12.0. The minimum absolute atomic E-state index is 0.00429. The molecule has 0 aliphatic rings. The number of carbonyl (C=O) groups excluding carboxylic acids is 4. The van der Waals surface area contributed by atoms with E-state index >= 15 is 0 Å². The van der Waals surface area contributed by atoms with Crippen LogP contribution in [-0.4, -0.2) is 53.4 Å². The summed E-state index contributed by atoms with van der Waals surface area (Å²) in [4.78, 5) is 53.2. The maximum absolute atomic E-state index is 14.0. The first-order valence-corrected chi connectivity index (χ1v) is 13.3. The Hall–Kier alpha value is -3.10. The fraction of sp³-hybridized carbons (Fsp3) is 0.643. The molecule has 37 heavy (non-hydrogen) atoms. The molecule has 2 unspecified atom stereocenters. The van der Waals surface area contributed by atoms with Gasteiger partial charge in [-0.1, -0.05) is 62.9 Å². The van der Waals surface area contributed by atoms with Gasteiger partial charge < -0.3 is 26.0 Å². The maximum atomic E-state index is 14.0. The summed E-state index contributed by atoms with van der Waals surface area (Å²) in [6.07, 6.45) is 3.34. The van der Waals surface area contributed by atoms with Crippen molar-refractivity contribution in [3.63, 3.8) is 0 Å². The topological polar surface area (TPSA) is 131 Å². The number of nitrogens with one attached hydrogen (secondary N) is 2. The van der Waals surface area contributed by atoms with Crippen LogP contribution in [0, 0.1) is 6.92 Å². The van der Waals surface area contributed by atoms with E-state index in [0.29, 0.717) is 25.1 Å². The Labute approximate surface area is 221 Å². The fourth-order valence-corrected chi connectivity index (χ4v) is 3.89. The predicted octanol–water partition coefficient (Wildman–Crippen LogP) is 4.13. The molecule has 4 amide bonds. The summed E-state index contributed by atoms with van der Waals surface area (Å²) in [5.41, 5.74) is 6.23. The van der Waals surface area contributed by atoms with Gasteiger partial charge in [0.15, 0.2) is 0 Å². The lowest BCUT2D eigenvalue weighted by Gasteiger charge is -2.34. The van der Waals surface area contributed by atoms with Crippen LogP contribution in [0.15, 0.2) is 24.3 Å². The highest BCUT2D eigenvalue weighted by Gasteiger charge is 2.36. The molecule has 0 saturated carbocycles. The van der Waals surface area contributed by atoms with Crippen LogP contribution in [0.1, 0.15) is 96.7 Å². The summed E-state index contributed by atoms with van der Waals surface area (Å²) in [5.74, 6) is -1.33. The average Bonchev–Trinajstić information content (AvgIpc) is 2.79. The fourth-order valence-electron chi connectivity index (χ4n) is 3.89. The van der Waals surface area contributed by atoms with Crippen molar-refractivity contribution in [3.8, 4) is 0 Å². The number of carbonyl (C=O) groups is 4. The minimum atomic E-state index is -1.08. The normalized spacial score (nSPS) is 12.8. The van der Waals surface area contributed by atoms with Crippen molar-refractivity contribution in [1.82, 2.24) is 15.5 Å². The zero-order valence-electron chi connectivity index (χ0n) is 23.4. The van der Waals surface area contributed by atoms with Crippen LogP contribution in [0.2, 0.25) is 0 Å². The lowest BCUT2D eigenvalue weighted by atomic mass is 9.99. The van der Waals surface area contributed by atoms with Gasteiger partial charge in [-0.25, -0.2) is 4.79 Å². The Balaban J connectivity index is 3.45. The van der Waals surface area contributed by atoms with Crippen LogP contribution in [-0.2, 0) is 19.1 Å². The third-order valence-electron chi connectivity index (χ3n) is 5.70. The largest absolute Gasteiger partial charge is 0.444 e. The number of amides is 4. The molecule has 0 heterocycles. The van der Waals surface area contributed by atoms with Gasteiger partial charge in [-0.2, -0.15) is 0 Å². The van der Waals surface area contributed by atoms with E-state index in [4.69, 9.17) is 10.5 Å². The highest BCUT2D eigenvalue weighted by molar-refractivity contribution is 5.92. The second-order valence-corrected chi connectivity index (χ2v) is 10.4. The molecule has 0 spiro atoms. The quantitative estimate of drug-likeness (QED) is 0.301. The Morgan fingerprint density at radius 1 is 1.05 bits per heavy atom. The number of primary amides is 1. The lowest BCUT2D eigenvalue weighted by Crippen LogP contribution is -2.53. The van der Waals surface area contributed by atoms with Crippen molar-refractivity contribution in [2.24, 2.45) is 5.73 Å². The molecular formula is C28H46N4O5. The molecule has 1 aromatic carbocycles. The van der Waals surface area contributed by atoms with Gasteiger partial charge >= 0.3 is 6.09 Å². The van der Waals surface area contributed by atoms with E-state index in [2.05, 4.69) is 17.6 Å². The Kier molecular flexibility index (Phi) is 13.7. The van der Waals surface area contributed by atoms with E-state index in [1.807, 2.05) is 38.1 Å². The molecule has 9 nitrogen and oxygen atoms in total. The number of hydrogen-bond acceptors (Lipinski definition) is 5. The van der Waals surface area contributed by atoms with Crippen molar-refractivity contribution in [2.45, 2.75) is 104 Å². The molecule has 0 aliphatic heterocycles. The third-order valence-corrected chi connectivity index (χ3v) is 5.70. The van der Waals surface area contributed by atoms with Gasteiger partial charge in [0.05, 0.1) is 0 Å². The smallest absolute Gasteiger partial charge is 0.408 e. The number of alkyl carbamates (subject to hydrolysis) is 1. The lowest BCUT2D eigenvalue weighted by molar-refractivity contribution is -0.142. The first-order valence-electron chi connectivity index (χ1n) is 13.3. The monoisotopic (exact) mass is 518 g/mol. The molecule has 1 aromatic rings.